The predicted molar refractivity (Wildman–Crippen MR) is 123 cm³/mol. The molecule has 0 radical (unpaired) electrons. The quantitative estimate of drug-likeness (QED) is 0.594. The third-order valence-electron chi connectivity index (χ3n) is 6.05. The average molecular weight is 456 g/mol. The Hall–Kier alpha value is -2.75. The number of hydrazine groups is 1. The number of hydrogen-bond acceptors (Lipinski definition) is 6. The first-order valence-corrected chi connectivity index (χ1v) is 11.8. The molecule has 9 heteroatoms. The summed E-state index contributed by atoms with van der Waals surface area (Å²) in [5.41, 5.74) is 2.57. The van der Waals surface area contributed by atoms with Gasteiger partial charge in [-0.15, -0.1) is 11.3 Å². The first kappa shape index (κ1) is 22.4. The summed E-state index contributed by atoms with van der Waals surface area (Å²) in [6, 6.07) is 13.4. The molecule has 2 aromatic rings. The number of imide groups is 1. The molecule has 3 heterocycles. The lowest BCUT2D eigenvalue weighted by Gasteiger charge is -2.34. The van der Waals surface area contributed by atoms with Gasteiger partial charge in [-0.1, -0.05) is 36.4 Å². The van der Waals surface area contributed by atoms with Crippen molar-refractivity contribution < 1.29 is 14.4 Å². The Kier molecular flexibility index (Phi) is 6.88. The Morgan fingerprint density at radius 3 is 2.47 bits per heavy atom. The van der Waals surface area contributed by atoms with E-state index in [2.05, 4.69) is 33.2 Å². The van der Waals surface area contributed by atoms with Crippen LogP contribution < -0.4 is 10.7 Å². The van der Waals surface area contributed by atoms with Crippen LogP contribution in [0.5, 0.6) is 0 Å². The molecule has 0 saturated carbocycles. The van der Waals surface area contributed by atoms with E-state index in [0.29, 0.717) is 12.8 Å². The van der Waals surface area contributed by atoms with Gasteiger partial charge in [0, 0.05) is 37.6 Å². The van der Waals surface area contributed by atoms with Crippen LogP contribution in [0.15, 0.2) is 47.8 Å². The lowest BCUT2D eigenvalue weighted by Crippen LogP contribution is -2.53. The molecule has 0 bridgehead atoms. The highest BCUT2D eigenvalue weighted by Gasteiger charge is 2.48. The molecule has 0 aliphatic carbocycles. The standard InChI is InChI=1S/C23H29N5O3S/c1-23(10-9-18-6-3-2-4-7-18)21(30)28(22(31)24-23)25-20(29)17-27-13-11-26(12-14-27)16-19-8-5-15-32-19/h2-8,15H,9-14,16-17H2,1H3,(H,24,31)(H,25,29). The van der Waals surface area contributed by atoms with Gasteiger partial charge >= 0.3 is 6.03 Å². The molecule has 170 valence electrons. The molecule has 1 unspecified atom stereocenters. The van der Waals surface area contributed by atoms with Crippen molar-refractivity contribution in [2.45, 2.75) is 31.8 Å². The SMILES string of the molecule is CC1(CCc2ccccc2)NC(=O)N(NC(=O)CN2CCN(Cc3cccs3)CC2)C1=O. The van der Waals surface area contributed by atoms with E-state index in [0.717, 1.165) is 43.3 Å². The maximum atomic E-state index is 12.9. The van der Waals surface area contributed by atoms with Crippen LogP contribution in [0.1, 0.15) is 23.8 Å². The second-order valence-corrected chi connectivity index (χ2v) is 9.59. The van der Waals surface area contributed by atoms with Gasteiger partial charge in [-0.3, -0.25) is 24.8 Å². The minimum absolute atomic E-state index is 0.157. The number of carbonyl (C=O) groups is 3. The minimum Gasteiger partial charge on any atom is -0.322 e. The molecule has 1 aromatic heterocycles. The molecule has 1 atom stereocenters. The molecule has 4 amide bonds. The number of nitrogens with zero attached hydrogens (tertiary/aromatic N) is 3. The van der Waals surface area contributed by atoms with Crippen molar-refractivity contribution in [2.24, 2.45) is 0 Å². The highest BCUT2D eigenvalue weighted by molar-refractivity contribution is 7.09. The van der Waals surface area contributed by atoms with Crippen molar-refractivity contribution in [3.63, 3.8) is 0 Å². The fourth-order valence-electron chi connectivity index (χ4n) is 4.09. The van der Waals surface area contributed by atoms with E-state index in [1.165, 1.54) is 4.88 Å². The zero-order chi connectivity index (χ0) is 22.6. The van der Waals surface area contributed by atoms with E-state index in [4.69, 9.17) is 0 Å². The minimum atomic E-state index is -1.03. The second-order valence-electron chi connectivity index (χ2n) is 8.56. The van der Waals surface area contributed by atoms with E-state index in [1.807, 2.05) is 35.2 Å². The van der Waals surface area contributed by atoms with Gasteiger partial charge in [0.1, 0.15) is 5.54 Å². The molecule has 8 nitrogen and oxygen atoms in total. The number of aryl methyl sites for hydroxylation is 1. The molecular formula is C23H29N5O3S. The number of rotatable bonds is 8. The van der Waals surface area contributed by atoms with Gasteiger partial charge in [-0.25, -0.2) is 4.79 Å². The van der Waals surface area contributed by atoms with Gasteiger partial charge in [-0.2, -0.15) is 5.01 Å². The van der Waals surface area contributed by atoms with Gasteiger partial charge in [0.15, 0.2) is 0 Å². The van der Waals surface area contributed by atoms with Crippen molar-refractivity contribution in [2.75, 3.05) is 32.7 Å². The molecule has 2 fully saturated rings. The number of carbonyl (C=O) groups excluding carboxylic acids is 3. The number of hydrogen-bond donors (Lipinski definition) is 2. The Morgan fingerprint density at radius 1 is 1.06 bits per heavy atom. The predicted octanol–water partition coefficient (Wildman–Crippen LogP) is 1.84. The van der Waals surface area contributed by atoms with Crippen LogP contribution in [0.2, 0.25) is 0 Å². The van der Waals surface area contributed by atoms with E-state index < -0.39 is 17.5 Å². The zero-order valence-electron chi connectivity index (χ0n) is 18.3. The highest BCUT2D eigenvalue weighted by atomic mass is 32.1. The summed E-state index contributed by atoms with van der Waals surface area (Å²) in [6.45, 7) is 6.10. The van der Waals surface area contributed by atoms with Crippen LogP contribution in [0.3, 0.4) is 0 Å². The third-order valence-corrected chi connectivity index (χ3v) is 6.91. The fourth-order valence-corrected chi connectivity index (χ4v) is 4.83. The molecule has 2 saturated heterocycles. The van der Waals surface area contributed by atoms with Crippen molar-refractivity contribution in [3.8, 4) is 0 Å². The third kappa shape index (κ3) is 5.35. The number of urea groups is 1. The van der Waals surface area contributed by atoms with E-state index >= 15 is 0 Å². The molecule has 2 aliphatic rings. The number of nitrogens with one attached hydrogen (secondary N) is 2. The van der Waals surface area contributed by atoms with E-state index in [1.54, 1.807) is 18.3 Å². The van der Waals surface area contributed by atoms with Crippen LogP contribution in [0, 0.1) is 0 Å². The van der Waals surface area contributed by atoms with Crippen LogP contribution >= 0.6 is 11.3 Å². The second kappa shape index (κ2) is 9.81. The maximum absolute atomic E-state index is 12.9. The lowest BCUT2D eigenvalue weighted by atomic mass is 9.93. The number of amides is 4. The summed E-state index contributed by atoms with van der Waals surface area (Å²) >= 11 is 1.75. The van der Waals surface area contributed by atoms with Gasteiger partial charge in [-0.05, 0) is 36.8 Å². The maximum Gasteiger partial charge on any atom is 0.344 e. The number of piperazine rings is 1. The van der Waals surface area contributed by atoms with E-state index in [-0.39, 0.29) is 12.5 Å². The van der Waals surface area contributed by atoms with Gasteiger partial charge < -0.3 is 5.32 Å². The zero-order valence-corrected chi connectivity index (χ0v) is 19.1. The van der Waals surface area contributed by atoms with Crippen molar-refractivity contribution >= 4 is 29.2 Å². The topological polar surface area (TPSA) is 85.0 Å². The largest absolute Gasteiger partial charge is 0.344 e. The van der Waals surface area contributed by atoms with Crippen LogP contribution in [-0.2, 0) is 22.6 Å². The summed E-state index contributed by atoms with van der Waals surface area (Å²) in [7, 11) is 0. The Bertz CT molecular complexity index is 944. The first-order chi connectivity index (χ1) is 15.4. The normalized spacial score (nSPS) is 22.2. The monoisotopic (exact) mass is 455 g/mol. The van der Waals surface area contributed by atoms with Crippen molar-refractivity contribution in [1.82, 2.24) is 25.6 Å². The van der Waals surface area contributed by atoms with Crippen LogP contribution in [0.4, 0.5) is 4.79 Å². The van der Waals surface area contributed by atoms with Crippen LogP contribution in [0.25, 0.3) is 0 Å². The van der Waals surface area contributed by atoms with Gasteiger partial charge in [0.05, 0.1) is 6.54 Å². The van der Waals surface area contributed by atoms with Gasteiger partial charge in [0.25, 0.3) is 11.8 Å². The molecule has 1 aromatic carbocycles. The summed E-state index contributed by atoms with van der Waals surface area (Å²) in [5, 5.41) is 5.65. The highest BCUT2D eigenvalue weighted by Crippen LogP contribution is 2.22. The van der Waals surface area contributed by atoms with Gasteiger partial charge in [0.2, 0.25) is 0 Å². The average Bonchev–Trinajstić information content (AvgIpc) is 3.37. The molecule has 0 spiro atoms. The Labute approximate surface area is 192 Å². The summed E-state index contributed by atoms with van der Waals surface area (Å²) < 4.78 is 0. The first-order valence-electron chi connectivity index (χ1n) is 10.9. The fraction of sp³-hybridized carbons (Fsp3) is 0.435. The van der Waals surface area contributed by atoms with Crippen molar-refractivity contribution in [1.29, 1.82) is 0 Å². The molecule has 4 rings (SSSR count). The lowest BCUT2D eigenvalue weighted by molar-refractivity contribution is -0.139. The summed E-state index contributed by atoms with van der Waals surface area (Å²) in [4.78, 5) is 43.6. The van der Waals surface area contributed by atoms with Crippen LogP contribution in [-0.4, -0.2) is 70.9 Å². The smallest absolute Gasteiger partial charge is 0.322 e. The molecule has 2 N–H and O–H groups in total. The molecule has 2 aliphatic heterocycles. The Morgan fingerprint density at radius 2 is 1.78 bits per heavy atom. The molecular weight excluding hydrogens is 426 g/mol. The Balaban J connectivity index is 1.24. The number of thiophene rings is 1. The molecule has 32 heavy (non-hydrogen) atoms. The summed E-state index contributed by atoms with van der Waals surface area (Å²) in [5.74, 6) is -0.778. The van der Waals surface area contributed by atoms with E-state index in [9.17, 15) is 14.4 Å². The summed E-state index contributed by atoms with van der Waals surface area (Å²) in [6.07, 6.45) is 1.11. The number of benzene rings is 1. The van der Waals surface area contributed by atoms with Crippen molar-refractivity contribution in [3.05, 3.63) is 58.3 Å².